The number of carbonyl (C=O) groups is 1. The second-order valence-corrected chi connectivity index (χ2v) is 10.2. The van der Waals surface area contributed by atoms with E-state index in [2.05, 4.69) is 58.4 Å². The van der Waals surface area contributed by atoms with Gasteiger partial charge in [0.2, 0.25) is 0 Å². The molecule has 1 heterocycles. The molecule has 3 nitrogen and oxygen atoms in total. The van der Waals surface area contributed by atoms with Crippen molar-refractivity contribution in [3.63, 3.8) is 0 Å². The van der Waals surface area contributed by atoms with Crippen LogP contribution in [0.25, 0.3) is 22.0 Å². The number of benzene rings is 3. The smallest absolute Gasteiger partial charge is 0.253 e. The first-order valence-electron chi connectivity index (χ1n) is 11.8. The number of aromatic nitrogens is 1. The highest BCUT2D eigenvalue weighted by atomic mass is 35.5. The van der Waals surface area contributed by atoms with Crippen molar-refractivity contribution in [3.8, 4) is 11.1 Å². The second kappa shape index (κ2) is 8.07. The van der Waals surface area contributed by atoms with Crippen LogP contribution in [0.15, 0.2) is 79.0 Å². The van der Waals surface area contributed by atoms with Gasteiger partial charge in [-0.15, -0.1) is 0 Å². The molecule has 0 radical (unpaired) electrons. The van der Waals surface area contributed by atoms with E-state index in [1.54, 1.807) is 0 Å². The molecule has 1 spiro atoms. The van der Waals surface area contributed by atoms with E-state index in [9.17, 15) is 4.79 Å². The molecular formula is C29H27ClN2O. The van der Waals surface area contributed by atoms with Crippen LogP contribution in [0, 0.1) is 5.41 Å². The Morgan fingerprint density at radius 3 is 2.36 bits per heavy atom. The Morgan fingerprint density at radius 2 is 1.67 bits per heavy atom. The summed E-state index contributed by atoms with van der Waals surface area (Å²) in [7, 11) is 0. The molecule has 2 aliphatic carbocycles. The number of halogens is 1. The average Bonchev–Trinajstić information content (AvgIpc) is 3.20. The van der Waals surface area contributed by atoms with E-state index < -0.39 is 0 Å². The molecular weight excluding hydrogens is 428 g/mol. The summed E-state index contributed by atoms with van der Waals surface area (Å²) >= 11 is 6.50. The minimum absolute atomic E-state index is 0.00946. The Balaban J connectivity index is 1.25. The van der Waals surface area contributed by atoms with Crippen molar-refractivity contribution in [3.05, 3.63) is 95.1 Å². The second-order valence-electron chi connectivity index (χ2n) is 9.80. The Bertz CT molecular complexity index is 1310. The molecule has 0 bridgehead atoms. The number of amides is 1. The molecule has 166 valence electrons. The minimum atomic E-state index is 0.00946. The minimum Gasteiger partial charge on any atom is -0.349 e. The van der Waals surface area contributed by atoms with Crippen molar-refractivity contribution in [1.82, 2.24) is 9.88 Å². The summed E-state index contributed by atoms with van der Waals surface area (Å²) in [5.74, 6) is 0.00946. The first-order valence-corrected chi connectivity index (χ1v) is 12.2. The first-order chi connectivity index (χ1) is 16.1. The fourth-order valence-electron chi connectivity index (χ4n) is 5.67. The van der Waals surface area contributed by atoms with Gasteiger partial charge in [-0.25, -0.2) is 0 Å². The quantitative estimate of drug-likeness (QED) is 0.343. The van der Waals surface area contributed by atoms with Gasteiger partial charge in [0.25, 0.3) is 5.91 Å². The maximum atomic E-state index is 13.2. The lowest BCUT2D eigenvalue weighted by Gasteiger charge is -2.54. The summed E-state index contributed by atoms with van der Waals surface area (Å²) in [5.41, 5.74) is 5.74. The molecule has 2 aliphatic rings. The lowest BCUT2D eigenvalue weighted by Crippen LogP contribution is -2.53. The highest BCUT2D eigenvalue weighted by Gasteiger charge is 2.48. The summed E-state index contributed by atoms with van der Waals surface area (Å²) in [6, 6.07) is 25.0. The number of hydrogen-bond acceptors (Lipinski definition) is 1. The zero-order valence-electron chi connectivity index (χ0n) is 18.6. The number of nitrogens with one attached hydrogen (secondary N) is 1. The summed E-state index contributed by atoms with van der Waals surface area (Å²) in [6.07, 6.45) is 8.30. The average molecular weight is 455 g/mol. The van der Waals surface area contributed by atoms with E-state index >= 15 is 0 Å². The van der Waals surface area contributed by atoms with Gasteiger partial charge in [0.15, 0.2) is 0 Å². The molecule has 6 rings (SSSR count). The molecule has 3 aromatic carbocycles. The normalized spacial score (nSPS) is 17.0. The zero-order chi connectivity index (χ0) is 22.4. The summed E-state index contributed by atoms with van der Waals surface area (Å²) in [6.45, 7) is 0.686. The molecule has 1 N–H and O–H groups in total. The van der Waals surface area contributed by atoms with E-state index in [1.165, 1.54) is 36.0 Å². The van der Waals surface area contributed by atoms with Crippen molar-refractivity contribution in [2.24, 2.45) is 5.41 Å². The highest BCUT2D eigenvalue weighted by molar-refractivity contribution is 6.36. The monoisotopic (exact) mass is 454 g/mol. The zero-order valence-corrected chi connectivity index (χ0v) is 19.3. The van der Waals surface area contributed by atoms with Gasteiger partial charge >= 0.3 is 0 Å². The highest BCUT2D eigenvalue weighted by Crippen LogP contribution is 2.55. The standard InChI is InChI=1S/C29H27ClN2O/c30-26-12-11-25(28(33)31-23-17-29(18-23)14-4-15-29)27-24(26)13-16-32(27)19-20-7-9-22(10-8-20)21-5-2-1-3-6-21/h1-3,5-13,16,23H,4,14-15,17-19H2,(H,31,33). The molecule has 1 amide bonds. The number of fused-ring (bicyclic) bond motifs is 1. The van der Waals surface area contributed by atoms with Gasteiger partial charge in [0, 0.05) is 29.2 Å². The van der Waals surface area contributed by atoms with Crippen molar-refractivity contribution < 1.29 is 4.79 Å². The number of carbonyl (C=O) groups excluding carboxylic acids is 1. The lowest BCUT2D eigenvalue weighted by molar-refractivity contribution is -0.000602. The topological polar surface area (TPSA) is 34.0 Å². The molecule has 0 unspecified atom stereocenters. The Hall–Kier alpha value is -3.04. The van der Waals surface area contributed by atoms with Crippen molar-refractivity contribution >= 4 is 28.4 Å². The lowest BCUT2D eigenvalue weighted by atomic mass is 9.54. The van der Waals surface area contributed by atoms with E-state index in [1.807, 2.05) is 30.5 Å². The molecule has 33 heavy (non-hydrogen) atoms. The van der Waals surface area contributed by atoms with Crippen LogP contribution in [-0.4, -0.2) is 16.5 Å². The van der Waals surface area contributed by atoms with Gasteiger partial charge in [0.05, 0.1) is 11.1 Å². The van der Waals surface area contributed by atoms with Crippen LogP contribution >= 0.6 is 11.6 Å². The van der Waals surface area contributed by atoms with Gasteiger partial charge in [-0.05, 0) is 66.0 Å². The summed E-state index contributed by atoms with van der Waals surface area (Å²) < 4.78 is 2.14. The summed E-state index contributed by atoms with van der Waals surface area (Å²) in [5, 5.41) is 4.88. The third-order valence-electron chi connectivity index (χ3n) is 7.64. The van der Waals surface area contributed by atoms with Gasteiger partial charge in [-0.1, -0.05) is 72.6 Å². The fraction of sp³-hybridized carbons (Fsp3) is 0.276. The molecule has 0 aliphatic heterocycles. The third kappa shape index (κ3) is 3.75. The maximum absolute atomic E-state index is 13.2. The Morgan fingerprint density at radius 1 is 0.939 bits per heavy atom. The van der Waals surface area contributed by atoms with Crippen LogP contribution in [0.4, 0.5) is 0 Å². The van der Waals surface area contributed by atoms with E-state index in [0.717, 1.165) is 23.7 Å². The molecule has 2 fully saturated rings. The molecule has 4 heteroatoms. The van der Waals surface area contributed by atoms with Crippen LogP contribution in [-0.2, 0) is 6.54 Å². The molecule has 0 saturated heterocycles. The SMILES string of the molecule is O=C(NC1CC2(CCC2)C1)c1ccc(Cl)c2ccn(Cc3ccc(-c4ccccc4)cc3)c12. The largest absolute Gasteiger partial charge is 0.349 e. The van der Waals surface area contributed by atoms with Crippen molar-refractivity contribution in [2.45, 2.75) is 44.7 Å². The summed E-state index contributed by atoms with van der Waals surface area (Å²) in [4.78, 5) is 13.2. The molecule has 2 saturated carbocycles. The first kappa shape index (κ1) is 20.6. The number of rotatable bonds is 5. The van der Waals surface area contributed by atoms with Gasteiger partial charge in [-0.3, -0.25) is 4.79 Å². The third-order valence-corrected chi connectivity index (χ3v) is 7.97. The molecule has 4 aromatic rings. The Labute approximate surface area is 199 Å². The maximum Gasteiger partial charge on any atom is 0.253 e. The van der Waals surface area contributed by atoms with E-state index in [4.69, 9.17) is 11.6 Å². The van der Waals surface area contributed by atoms with Crippen molar-refractivity contribution in [1.29, 1.82) is 0 Å². The Kier molecular flexibility index (Phi) is 5.03. The fourth-order valence-corrected chi connectivity index (χ4v) is 5.89. The molecule has 1 aromatic heterocycles. The molecule has 0 atom stereocenters. The van der Waals surface area contributed by atoms with Crippen LogP contribution < -0.4 is 5.32 Å². The van der Waals surface area contributed by atoms with Crippen LogP contribution in [0.3, 0.4) is 0 Å². The predicted octanol–water partition coefficient (Wildman–Crippen LogP) is 7.07. The van der Waals surface area contributed by atoms with E-state index in [-0.39, 0.29) is 5.91 Å². The predicted molar refractivity (Wildman–Crippen MR) is 135 cm³/mol. The van der Waals surface area contributed by atoms with E-state index in [0.29, 0.717) is 28.6 Å². The van der Waals surface area contributed by atoms with Gasteiger partial charge in [0.1, 0.15) is 0 Å². The number of hydrogen-bond donors (Lipinski definition) is 1. The van der Waals surface area contributed by atoms with Crippen LogP contribution in [0.1, 0.15) is 48.0 Å². The van der Waals surface area contributed by atoms with Gasteiger partial charge < -0.3 is 9.88 Å². The van der Waals surface area contributed by atoms with Crippen LogP contribution in [0.2, 0.25) is 5.02 Å². The van der Waals surface area contributed by atoms with Gasteiger partial charge in [-0.2, -0.15) is 0 Å². The van der Waals surface area contributed by atoms with Crippen molar-refractivity contribution in [2.75, 3.05) is 0 Å². The van der Waals surface area contributed by atoms with Crippen LogP contribution in [0.5, 0.6) is 0 Å². The number of nitrogens with zero attached hydrogens (tertiary/aromatic N) is 1.